The van der Waals surface area contributed by atoms with Crippen molar-refractivity contribution in [1.29, 1.82) is 0 Å². The van der Waals surface area contributed by atoms with Gasteiger partial charge >= 0.3 is 6.03 Å². The number of benzene rings is 1. The lowest BCUT2D eigenvalue weighted by atomic mass is 10.3. The lowest BCUT2D eigenvalue weighted by Crippen LogP contribution is -2.50. The Labute approximate surface area is 177 Å². The molecule has 1 saturated heterocycles. The Hall–Kier alpha value is -3.46. The normalized spacial score (nSPS) is 13.8. The van der Waals surface area contributed by atoms with Gasteiger partial charge in [-0.25, -0.2) is 14.2 Å². The molecule has 30 heavy (non-hydrogen) atoms. The van der Waals surface area contributed by atoms with Crippen LogP contribution >= 0.6 is 11.6 Å². The molecule has 2 N–H and O–H groups in total. The molecule has 0 radical (unpaired) electrons. The van der Waals surface area contributed by atoms with Gasteiger partial charge in [0, 0.05) is 38.1 Å². The van der Waals surface area contributed by atoms with Crippen LogP contribution in [0, 0.1) is 5.82 Å². The van der Waals surface area contributed by atoms with E-state index in [2.05, 4.69) is 30.7 Å². The van der Waals surface area contributed by atoms with E-state index in [1.807, 2.05) is 30.3 Å². The molecule has 1 aliphatic rings. The number of hydrogen-bond donors (Lipinski definition) is 2. The summed E-state index contributed by atoms with van der Waals surface area (Å²) in [6, 6.07) is 13.1. The number of nitrogens with zero attached hydrogens (tertiary/aromatic N) is 5. The Morgan fingerprint density at radius 2 is 1.83 bits per heavy atom. The Kier molecular flexibility index (Phi) is 5.89. The van der Waals surface area contributed by atoms with Crippen molar-refractivity contribution in [3.63, 3.8) is 0 Å². The van der Waals surface area contributed by atoms with Crippen molar-refractivity contribution >= 4 is 40.8 Å². The molecular weight excluding hydrogens is 409 g/mol. The largest absolute Gasteiger partial charge is 0.352 e. The maximum absolute atomic E-state index is 13.3. The first-order chi connectivity index (χ1) is 14.6. The predicted molar refractivity (Wildman–Crippen MR) is 114 cm³/mol. The molecule has 154 valence electrons. The molecule has 8 nitrogen and oxygen atoms in total. The van der Waals surface area contributed by atoms with Gasteiger partial charge < -0.3 is 20.4 Å². The van der Waals surface area contributed by atoms with E-state index in [4.69, 9.17) is 11.6 Å². The van der Waals surface area contributed by atoms with Gasteiger partial charge in [-0.2, -0.15) is 0 Å². The van der Waals surface area contributed by atoms with Gasteiger partial charge in [-0.05, 0) is 42.5 Å². The molecular formula is C20H19ClFN7O. The highest BCUT2D eigenvalue weighted by molar-refractivity contribution is 6.31. The van der Waals surface area contributed by atoms with Crippen molar-refractivity contribution in [3.05, 3.63) is 65.6 Å². The van der Waals surface area contributed by atoms with Crippen LogP contribution in [0.25, 0.3) is 0 Å². The van der Waals surface area contributed by atoms with Gasteiger partial charge in [0.15, 0.2) is 11.6 Å². The lowest BCUT2D eigenvalue weighted by molar-refractivity contribution is 0.208. The third-order valence-electron chi connectivity index (χ3n) is 4.63. The van der Waals surface area contributed by atoms with Gasteiger partial charge in [0.1, 0.15) is 11.6 Å². The average Bonchev–Trinajstić information content (AvgIpc) is 2.78. The molecule has 0 unspecified atom stereocenters. The van der Waals surface area contributed by atoms with Crippen LogP contribution in [0.15, 0.2) is 54.7 Å². The zero-order valence-electron chi connectivity index (χ0n) is 15.9. The third-order valence-corrected chi connectivity index (χ3v) is 4.92. The fourth-order valence-corrected chi connectivity index (χ4v) is 3.22. The van der Waals surface area contributed by atoms with E-state index in [0.29, 0.717) is 43.5 Å². The summed E-state index contributed by atoms with van der Waals surface area (Å²) in [4.78, 5) is 20.4. The van der Waals surface area contributed by atoms with Gasteiger partial charge in [-0.15, -0.1) is 10.2 Å². The van der Waals surface area contributed by atoms with Gasteiger partial charge in [0.2, 0.25) is 0 Å². The lowest BCUT2D eigenvalue weighted by Gasteiger charge is -2.35. The number of urea groups is 1. The van der Waals surface area contributed by atoms with Crippen LogP contribution in [0.1, 0.15) is 0 Å². The maximum atomic E-state index is 13.3. The topological polar surface area (TPSA) is 86.3 Å². The number of carbonyl (C=O) groups is 1. The number of hydrogen-bond acceptors (Lipinski definition) is 6. The second-order valence-electron chi connectivity index (χ2n) is 6.65. The maximum Gasteiger partial charge on any atom is 0.321 e. The molecule has 2 amide bonds. The van der Waals surface area contributed by atoms with E-state index in [1.54, 1.807) is 11.1 Å². The van der Waals surface area contributed by atoms with Crippen molar-refractivity contribution in [2.75, 3.05) is 41.7 Å². The summed E-state index contributed by atoms with van der Waals surface area (Å²) in [5, 5.41) is 14.3. The molecule has 0 saturated carbocycles. The fraction of sp³-hybridized carbons (Fsp3) is 0.200. The van der Waals surface area contributed by atoms with Gasteiger partial charge in [-0.1, -0.05) is 17.7 Å². The summed E-state index contributed by atoms with van der Waals surface area (Å²) in [5.41, 5.74) is 0.454. The molecule has 3 heterocycles. The SMILES string of the molecule is O=C(Nc1ccc(F)c(Cl)c1)N1CCN(c2ccc(Nc3ccccn3)nn2)CC1. The zero-order valence-corrected chi connectivity index (χ0v) is 16.7. The first kappa shape index (κ1) is 19.8. The van der Waals surface area contributed by atoms with Crippen molar-refractivity contribution in [2.24, 2.45) is 0 Å². The summed E-state index contributed by atoms with van der Waals surface area (Å²) in [6.07, 6.45) is 1.70. The molecule has 1 fully saturated rings. The number of halogens is 2. The highest BCUT2D eigenvalue weighted by Gasteiger charge is 2.22. The van der Waals surface area contributed by atoms with E-state index in [0.717, 1.165) is 5.82 Å². The van der Waals surface area contributed by atoms with Crippen LogP contribution in [0.2, 0.25) is 5.02 Å². The summed E-state index contributed by atoms with van der Waals surface area (Å²) >= 11 is 5.76. The Morgan fingerprint density at radius 3 is 2.50 bits per heavy atom. The molecule has 4 rings (SSSR count). The number of carbonyl (C=O) groups excluding carboxylic acids is 1. The van der Waals surface area contributed by atoms with Crippen molar-refractivity contribution < 1.29 is 9.18 Å². The second kappa shape index (κ2) is 8.91. The van der Waals surface area contributed by atoms with Crippen LogP contribution in [0.3, 0.4) is 0 Å². The Balaban J connectivity index is 1.30. The first-order valence-electron chi connectivity index (χ1n) is 9.36. The summed E-state index contributed by atoms with van der Waals surface area (Å²) in [5.74, 6) is 1.52. The molecule has 2 aromatic heterocycles. The van der Waals surface area contributed by atoms with Gasteiger partial charge in [0.05, 0.1) is 5.02 Å². The minimum Gasteiger partial charge on any atom is -0.352 e. The third kappa shape index (κ3) is 4.74. The minimum atomic E-state index is -0.523. The van der Waals surface area contributed by atoms with E-state index in [-0.39, 0.29) is 11.1 Å². The number of anilines is 4. The smallest absolute Gasteiger partial charge is 0.321 e. The van der Waals surface area contributed by atoms with Crippen LogP contribution in [-0.4, -0.2) is 52.3 Å². The highest BCUT2D eigenvalue weighted by Crippen LogP contribution is 2.20. The fourth-order valence-electron chi connectivity index (χ4n) is 3.04. The molecule has 10 heteroatoms. The van der Waals surface area contributed by atoms with Crippen LogP contribution < -0.4 is 15.5 Å². The highest BCUT2D eigenvalue weighted by atomic mass is 35.5. The monoisotopic (exact) mass is 427 g/mol. The zero-order chi connectivity index (χ0) is 20.9. The van der Waals surface area contributed by atoms with Crippen LogP contribution in [0.4, 0.5) is 32.3 Å². The first-order valence-corrected chi connectivity index (χ1v) is 9.74. The van der Waals surface area contributed by atoms with E-state index < -0.39 is 5.82 Å². The molecule has 1 aliphatic heterocycles. The van der Waals surface area contributed by atoms with Crippen LogP contribution in [-0.2, 0) is 0 Å². The van der Waals surface area contributed by atoms with Crippen molar-refractivity contribution in [3.8, 4) is 0 Å². The number of amides is 2. The Morgan fingerprint density at radius 1 is 1.00 bits per heavy atom. The van der Waals surface area contributed by atoms with Gasteiger partial charge in [0.25, 0.3) is 0 Å². The Bertz CT molecular complexity index is 1010. The van der Waals surface area contributed by atoms with E-state index in [1.165, 1.54) is 18.2 Å². The molecule has 0 atom stereocenters. The number of rotatable bonds is 4. The molecule has 1 aromatic carbocycles. The minimum absolute atomic E-state index is 0.0304. The average molecular weight is 428 g/mol. The number of piperazine rings is 1. The van der Waals surface area contributed by atoms with Crippen LogP contribution in [0.5, 0.6) is 0 Å². The van der Waals surface area contributed by atoms with E-state index in [9.17, 15) is 9.18 Å². The summed E-state index contributed by atoms with van der Waals surface area (Å²) < 4.78 is 13.3. The molecule has 0 aliphatic carbocycles. The molecule has 3 aromatic rings. The second-order valence-corrected chi connectivity index (χ2v) is 7.06. The summed E-state index contributed by atoms with van der Waals surface area (Å²) in [6.45, 7) is 2.30. The molecule has 0 spiro atoms. The molecule has 0 bridgehead atoms. The number of aromatic nitrogens is 3. The quantitative estimate of drug-likeness (QED) is 0.659. The number of nitrogens with one attached hydrogen (secondary N) is 2. The van der Waals surface area contributed by atoms with E-state index >= 15 is 0 Å². The number of pyridine rings is 1. The predicted octanol–water partition coefficient (Wildman–Crippen LogP) is 3.76. The van der Waals surface area contributed by atoms with Crippen molar-refractivity contribution in [1.82, 2.24) is 20.1 Å². The standard InChI is InChI=1S/C20H19ClFN7O/c21-15-13-14(4-5-16(15)22)24-20(30)29-11-9-28(10-12-29)19-7-6-18(26-27-19)25-17-3-1-2-8-23-17/h1-8,13H,9-12H2,(H,24,30)(H,23,25,26). The van der Waals surface area contributed by atoms with Crippen molar-refractivity contribution in [2.45, 2.75) is 0 Å². The summed E-state index contributed by atoms with van der Waals surface area (Å²) in [7, 11) is 0. The van der Waals surface area contributed by atoms with Gasteiger partial charge in [-0.3, -0.25) is 0 Å².